The Kier molecular flexibility index (Phi) is 51.0. The van der Waals surface area contributed by atoms with Crippen LogP contribution in [0.25, 0.3) is 10.9 Å². The Bertz CT molecular complexity index is 4500. The van der Waals surface area contributed by atoms with Crippen molar-refractivity contribution in [2.24, 2.45) is 75.8 Å². The third kappa shape index (κ3) is 41.4. The van der Waals surface area contributed by atoms with Crippen molar-refractivity contribution in [2.45, 2.75) is 262 Å². The van der Waals surface area contributed by atoms with Gasteiger partial charge in [0.25, 0.3) is 0 Å². The first-order valence-corrected chi connectivity index (χ1v) is 46.3. The second-order valence-corrected chi connectivity index (χ2v) is 36.0. The van der Waals surface area contributed by atoms with Crippen molar-refractivity contribution in [2.75, 3.05) is 38.5 Å². The van der Waals surface area contributed by atoms with Crippen LogP contribution in [-0.2, 0) is 95.9 Å². The van der Waals surface area contributed by atoms with Crippen molar-refractivity contribution in [1.82, 2.24) is 52.4 Å². The Balaban J connectivity index is 0.0000364. The number of imide groups is 1. The van der Waals surface area contributed by atoms with E-state index in [2.05, 4.69) is 47.5 Å². The van der Waals surface area contributed by atoms with Gasteiger partial charge in [-0.15, -0.1) is 11.8 Å². The number of hydrogen-bond acceptors (Lipinski definition) is 24. The van der Waals surface area contributed by atoms with E-state index in [0.717, 1.165) is 22.2 Å². The van der Waals surface area contributed by atoms with Gasteiger partial charge in [0.2, 0.25) is 47.3 Å². The minimum absolute atomic E-state index is 0. The van der Waals surface area contributed by atoms with Crippen molar-refractivity contribution < 1.29 is 92.0 Å². The second kappa shape index (κ2) is 59.5. The number of nitrogens with two attached hydrogens (primary N) is 6. The Morgan fingerprint density at radius 2 is 1.02 bits per heavy atom. The molecule has 40 heteroatoms. The van der Waals surface area contributed by atoms with E-state index >= 15 is 24.0 Å². The SMILES string of the molecule is CC[C@H](C)[C@H](N)C(=O)N[C@@H](Cc1ccccc1)C(=O)C[C@@H](CC(C)C)C(=O)N[C@@H](CC(C)C)C(=O)C[C@@H](Cc1c[nH]c2ccccc12)C(=O)N[C@@H](CCC(N)=O)C(=O)C[C@@H](CCCNC(=N)N)C(=O)N[C@@H](CSC1CC(=O)N(CCCCCC(=O)CCCCOC(=O)[C@@H](N)Cc2ccc(C(O)O)cc2)C1=O)C(=O)C[C@@H](CCCNC(=N)N)C(=O)N[C@@H](CCCNC(=N)N)C(=O)O.[SeH2]. The van der Waals surface area contributed by atoms with Crippen LogP contribution in [0.4, 0.5) is 0 Å². The number of carbonyl (C=O) groups excluding carboxylic acids is 14. The number of fused-ring (bicyclic) bond motifs is 1. The molecule has 2 heterocycles. The van der Waals surface area contributed by atoms with Gasteiger partial charge in [-0.25, -0.2) is 4.79 Å². The monoisotopic (exact) mass is 1930 g/mol. The first kappa shape index (κ1) is 113. The molecule has 1 aliphatic heterocycles. The number of aromatic nitrogens is 1. The molecule has 8 amide bonds. The molecule has 730 valence electrons. The van der Waals surface area contributed by atoms with Gasteiger partial charge in [0.1, 0.15) is 17.9 Å². The number of nitrogens with one attached hydrogen (secondary N) is 12. The number of H-pyrrole nitrogens is 1. The van der Waals surface area contributed by atoms with Gasteiger partial charge in [-0.05, 0) is 143 Å². The number of carboxylic acids is 1. The van der Waals surface area contributed by atoms with E-state index in [1.54, 1.807) is 54.7 Å². The molecule has 13 atom stereocenters. The number of para-hydroxylation sites is 1. The Labute approximate surface area is 786 Å². The molecular weight excluding hydrogens is 1790 g/mol. The number of guanidine groups is 3. The van der Waals surface area contributed by atoms with E-state index < -0.39 is 210 Å². The van der Waals surface area contributed by atoms with E-state index in [1.165, 1.54) is 12.1 Å². The van der Waals surface area contributed by atoms with Crippen molar-refractivity contribution in [3.8, 4) is 0 Å². The van der Waals surface area contributed by atoms with Crippen LogP contribution in [0.1, 0.15) is 218 Å². The number of primary amides is 1. The van der Waals surface area contributed by atoms with Crippen molar-refractivity contribution in [1.29, 1.82) is 16.2 Å². The van der Waals surface area contributed by atoms with E-state index in [0.29, 0.717) is 60.6 Å². The summed E-state index contributed by atoms with van der Waals surface area (Å²) in [6.07, 6.45) is -0.320. The number of amides is 8. The summed E-state index contributed by atoms with van der Waals surface area (Å²) in [6, 6.07) is 13.5. The summed E-state index contributed by atoms with van der Waals surface area (Å²) in [5.74, 6) is -18.0. The van der Waals surface area contributed by atoms with Crippen LogP contribution in [0.15, 0.2) is 85.1 Å². The van der Waals surface area contributed by atoms with E-state index in [9.17, 15) is 63.3 Å². The van der Waals surface area contributed by atoms with Gasteiger partial charge < -0.3 is 102 Å². The Morgan fingerprint density at radius 3 is 1.59 bits per heavy atom. The van der Waals surface area contributed by atoms with Crippen LogP contribution in [0.2, 0.25) is 0 Å². The topological polar surface area (TPSA) is 669 Å². The van der Waals surface area contributed by atoms with E-state index in [1.807, 2.05) is 59.7 Å². The van der Waals surface area contributed by atoms with E-state index in [-0.39, 0.29) is 181 Å². The summed E-state index contributed by atoms with van der Waals surface area (Å²) >= 11 is 0.849. The number of aliphatic hydroxyl groups excluding tert-OH is 1. The zero-order valence-corrected chi connectivity index (χ0v) is 79.6. The Morgan fingerprint density at radius 1 is 0.530 bits per heavy atom. The number of hydrogen-bond donors (Lipinski definition) is 21. The fourth-order valence-electron chi connectivity index (χ4n) is 15.4. The van der Waals surface area contributed by atoms with Crippen molar-refractivity contribution >= 4 is 146 Å². The van der Waals surface area contributed by atoms with Crippen LogP contribution in [0.3, 0.4) is 0 Å². The van der Waals surface area contributed by atoms with Crippen LogP contribution in [0, 0.1) is 57.7 Å². The number of thioether (sulfide) groups is 1. The van der Waals surface area contributed by atoms with Crippen LogP contribution in [-0.4, -0.2) is 234 Å². The van der Waals surface area contributed by atoms with Gasteiger partial charge in [-0.1, -0.05) is 127 Å². The average Bonchev–Trinajstić information content (AvgIpc) is 1.66. The molecule has 5 rings (SSSR count). The zero-order valence-electron chi connectivity index (χ0n) is 76.6. The van der Waals surface area contributed by atoms with Crippen molar-refractivity contribution in [3.05, 3.63) is 107 Å². The number of benzene rings is 3. The number of esters is 1. The number of aromatic amines is 1. The number of unbranched alkanes of at least 4 members (excludes halogenated alkanes) is 3. The molecule has 0 bridgehead atoms. The summed E-state index contributed by atoms with van der Waals surface area (Å²) in [4.78, 5) is 217. The molecule has 3 aromatic carbocycles. The van der Waals surface area contributed by atoms with Gasteiger partial charge in [0.15, 0.2) is 47.3 Å². The number of carbonyl (C=O) groups is 15. The third-order valence-electron chi connectivity index (χ3n) is 23.0. The summed E-state index contributed by atoms with van der Waals surface area (Å²) < 4.78 is 5.32. The number of ketones is 5. The summed E-state index contributed by atoms with van der Waals surface area (Å²) in [5, 5.41) is 73.3. The summed E-state index contributed by atoms with van der Waals surface area (Å²) in [6.45, 7) is 11.2. The number of aliphatic hydroxyl groups is 2. The van der Waals surface area contributed by atoms with Gasteiger partial charge in [0.05, 0.1) is 42.1 Å². The second-order valence-electron chi connectivity index (χ2n) is 34.8. The number of ether oxygens (including phenoxy) is 1. The maximum absolute atomic E-state index is 15.5. The van der Waals surface area contributed by atoms with E-state index in [4.69, 9.17) is 55.4 Å². The number of likely N-dealkylation sites (tertiary alicyclic amines) is 1. The molecule has 4 aromatic rings. The van der Waals surface area contributed by atoms with Crippen molar-refractivity contribution in [3.63, 3.8) is 0 Å². The predicted octanol–water partition coefficient (Wildman–Crippen LogP) is 2.62. The average molecular weight is 1930 g/mol. The number of rotatable bonds is 66. The molecule has 0 aliphatic carbocycles. The molecule has 1 saturated heterocycles. The molecule has 0 radical (unpaired) electrons. The first-order chi connectivity index (χ1) is 62.1. The van der Waals surface area contributed by atoms with Crippen LogP contribution >= 0.6 is 11.8 Å². The molecule has 1 fully saturated rings. The van der Waals surface area contributed by atoms with Gasteiger partial charge in [-0.2, -0.15) is 0 Å². The number of carboxylic acid groups (broad SMARTS) is 1. The summed E-state index contributed by atoms with van der Waals surface area (Å²) in [7, 11) is 0. The molecular formula is C92H141N19O19SSe. The molecule has 1 unspecified atom stereocenters. The van der Waals surface area contributed by atoms with Gasteiger partial charge >= 0.3 is 29.0 Å². The number of Topliss-reactive ketones (excluding diaryl/α,β-unsaturated/α-hetero) is 5. The molecule has 38 nitrogen and oxygen atoms in total. The number of aliphatic carboxylic acids is 1. The molecule has 0 spiro atoms. The molecule has 27 N–H and O–H groups in total. The Hall–Kier alpha value is -11.0. The molecule has 132 heavy (non-hydrogen) atoms. The molecule has 1 aliphatic rings. The number of nitrogens with zero attached hydrogens (tertiary/aromatic N) is 1. The molecule has 1 aromatic heterocycles. The normalized spacial score (nSPS) is 15.3. The quantitative estimate of drug-likeness (QED) is 0.00574. The van der Waals surface area contributed by atoms with Gasteiger partial charge in [-0.3, -0.25) is 88.3 Å². The third-order valence-corrected chi connectivity index (χ3v) is 24.3. The first-order valence-electron chi connectivity index (χ1n) is 45.2. The summed E-state index contributed by atoms with van der Waals surface area (Å²) in [5.41, 5.74) is 37.8. The van der Waals surface area contributed by atoms with Gasteiger partial charge in [0, 0.05) is 130 Å². The van der Waals surface area contributed by atoms with Crippen LogP contribution in [0.5, 0.6) is 0 Å². The standard InChI is InChI=1S/C92H139N19O19S.H2Se/c1-7-55(6)80(95)85(123)109-71(44-56-21-10-8-11-22-56)75(115)48-61(41-53(2)3)83(121)108-70(42-54(4)5)74(114)49-62(45-63-51-105-67-28-14-13-27-65(63)67)84(122)106-68(34-35-78(94)117)73(113)46-59(23-18-36-102-90(96)97)82(120)110-72(76(116)47-60(24-19-37-103-91(98)99)81(119)107-69(88(127)128)29-20-38-104-92(100)101)52-131-77-50-79(118)111(86(77)124)39-16-9-12-25-64(112)26-15-17-40-130-89(129)66(93)43-57-30-32-58(33-31-57)87(125)126;/h8,10-11,13-14,21-22,27-28,30-33,51,53-55,59-62,66,68-72,77,80,87,105,125-126H,7,9,12,15-20,23-26,29,34-50,52,93,95H2,1-6H3,(H2,94,117)(H,106,122)(H,107,119)(H,108,121)(H,109,123)(H,110,120)(H,127,128)(H4,96,97,102)(H4,98,99,103)(H4,100,101,104);1H2/t55-,59+,60+,61+,62+,66-,68-,69-,70-,71-,72-,77?,80-;/m0./s1. The fourth-order valence-corrected chi connectivity index (χ4v) is 16.6. The minimum atomic E-state index is -1.64. The zero-order chi connectivity index (χ0) is 97.0. The predicted molar refractivity (Wildman–Crippen MR) is 504 cm³/mol. The fraction of sp³-hybridized carbons (Fsp3) is 0.587. The van der Waals surface area contributed by atoms with Crippen LogP contribution < -0.4 is 76.9 Å². The molecule has 0 saturated carbocycles. The maximum atomic E-state index is 15.5.